The van der Waals surface area contributed by atoms with Crippen LogP contribution in [0.15, 0.2) is 6.07 Å². The van der Waals surface area contributed by atoms with Gasteiger partial charge in [-0.25, -0.2) is 0 Å². The molecule has 0 unspecified atom stereocenters. The standard InChI is InChI=1S/C12H16ClN5S/c1-4-14-11-16-10(13)17-12(18-11)15-6-9-5-7(2)8(3)19-9/h5H,4,6H2,1-3H3,(H2,14,15,16,17,18). The maximum Gasteiger partial charge on any atom is 0.229 e. The van der Waals surface area contributed by atoms with Gasteiger partial charge >= 0.3 is 0 Å². The van der Waals surface area contributed by atoms with Crippen LogP contribution in [0.25, 0.3) is 0 Å². The van der Waals surface area contributed by atoms with Crippen LogP contribution in [0.4, 0.5) is 11.9 Å². The molecule has 0 aliphatic heterocycles. The van der Waals surface area contributed by atoms with Gasteiger partial charge in [-0.05, 0) is 44.0 Å². The fraction of sp³-hybridized carbons (Fsp3) is 0.417. The minimum absolute atomic E-state index is 0.187. The van der Waals surface area contributed by atoms with Crippen LogP contribution in [0.5, 0.6) is 0 Å². The molecular formula is C12H16ClN5S. The molecule has 0 saturated heterocycles. The van der Waals surface area contributed by atoms with Crippen molar-refractivity contribution >= 4 is 34.8 Å². The average Bonchev–Trinajstić information content (AvgIpc) is 2.66. The molecule has 0 spiro atoms. The summed E-state index contributed by atoms with van der Waals surface area (Å²) in [6, 6.07) is 2.17. The number of nitrogens with zero attached hydrogens (tertiary/aromatic N) is 3. The Labute approximate surface area is 121 Å². The second-order valence-electron chi connectivity index (χ2n) is 4.09. The molecule has 102 valence electrons. The fourth-order valence-electron chi connectivity index (χ4n) is 1.57. The van der Waals surface area contributed by atoms with Crippen LogP contribution in [-0.2, 0) is 6.54 Å². The topological polar surface area (TPSA) is 62.7 Å². The van der Waals surface area contributed by atoms with Gasteiger partial charge in [0.25, 0.3) is 0 Å². The van der Waals surface area contributed by atoms with Crippen LogP contribution in [0.1, 0.15) is 22.2 Å². The van der Waals surface area contributed by atoms with E-state index in [0.717, 1.165) is 6.54 Å². The summed E-state index contributed by atoms with van der Waals surface area (Å²) >= 11 is 7.63. The number of aromatic nitrogens is 3. The molecule has 7 heteroatoms. The van der Waals surface area contributed by atoms with Gasteiger partial charge in [-0.3, -0.25) is 0 Å². The molecule has 5 nitrogen and oxygen atoms in total. The first kappa shape index (κ1) is 14.0. The predicted molar refractivity (Wildman–Crippen MR) is 80.1 cm³/mol. The van der Waals surface area contributed by atoms with Crippen LogP contribution < -0.4 is 10.6 Å². The average molecular weight is 298 g/mol. The molecule has 0 aliphatic carbocycles. The molecule has 0 fully saturated rings. The summed E-state index contributed by atoms with van der Waals surface area (Å²) in [5.41, 5.74) is 1.31. The summed E-state index contributed by atoms with van der Waals surface area (Å²) in [4.78, 5) is 14.9. The van der Waals surface area contributed by atoms with E-state index in [9.17, 15) is 0 Å². The number of aryl methyl sites for hydroxylation is 2. The van der Waals surface area contributed by atoms with E-state index in [1.54, 1.807) is 11.3 Å². The monoisotopic (exact) mass is 297 g/mol. The molecule has 0 aromatic carbocycles. The van der Waals surface area contributed by atoms with E-state index in [2.05, 4.69) is 45.5 Å². The number of hydrogen-bond donors (Lipinski definition) is 2. The van der Waals surface area contributed by atoms with E-state index in [1.807, 2.05) is 6.92 Å². The van der Waals surface area contributed by atoms with Gasteiger partial charge in [0.1, 0.15) is 0 Å². The smallest absolute Gasteiger partial charge is 0.229 e. The SMILES string of the molecule is CCNc1nc(Cl)nc(NCc2cc(C)c(C)s2)n1. The molecule has 0 amide bonds. The molecule has 0 bridgehead atoms. The molecule has 0 atom stereocenters. The summed E-state index contributed by atoms with van der Waals surface area (Å²) in [5, 5.41) is 6.37. The van der Waals surface area contributed by atoms with E-state index < -0.39 is 0 Å². The first-order valence-electron chi connectivity index (χ1n) is 6.03. The Morgan fingerprint density at radius 1 is 1.16 bits per heavy atom. The van der Waals surface area contributed by atoms with Crippen LogP contribution in [0, 0.1) is 13.8 Å². The molecular weight excluding hydrogens is 282 g/mol. The Balaban J connectivity index is 2.06. The van der Waals surface area contributed by atoms with E-state index in [-0.39, 0.29) is 5.28 Å². The summed E-state index contributed by atoms with van der Waals surface area (Å²) in [5.74, 6) is 0.975. The lowest BCUT2D eigenvalue weighted by Crippen LogP contribution is -2.08. The first-order valence-corrected chi connectivity index (χ1v) is 7.23. The highest BCUT2D eigenvalue weighted by molar-refractivity contribution is 7.12. The van der Waals surface area contributed by atoms with Crippen molar-refractivity contribution in [1.29, 1.82) is 0 Å². The molecule has 2 N–H and O–H groups in total. The normalized spacial score (nSPS) is 10.5. The second-order valence-corrected chi connectivity index (χ2v) is 5.77. The van der Waals surface area contributed by atoms with Crippen molar-refractivity contribution in [1.82, 2.24) is 15.0 Å². The summed E-state index contributed by atoms with van der Waals surface area (Å²) < 4.78 is 0. The highest BCUT2D eigenvalue weighted by Gasteiger charge is 2.06. The van der Waals surface area contributed by atoms with E-state index in [1.165, 1.54) is 15.3 Å². The molecule has 0 saturated carbocycles. The minimum atomic E-state index is 0.187. The van der Waals surface area contributed by atoms with Crippen LogP contribution in [0.2, 0.25) is 5.28 Å². The van der Waals surface area contributed by atoms with Crippen LogP contribution in [-0.4, -0.2) is 21.5 Å². The quantitative estimate of drug-likeness (QED) is 0.887. The van der Waals surface area contributed by atoms with Gasteiger partial charge in [0.2, 0.25) is 17.2 Å². The van der Waals surface area contributed by atoms with Gasteiger partial charge < -0.3 is 10.6 Å². The molecule has 2 aromatic heterocycles. The number of nitrogens with one attached hydrogen (secondary N) is 2. The van der Waals surface area contributed by atoms with E-state index in [4.69, 9.17) is 11.6 Å². The largest absolute Gasteiger partial charge is 0.354 e. The van der Waals surface area contributed by atoms with Gasteiger partial charge in [-0.2, -0.15) is 15.0 Å². The van der Waals surface area contributed by atoms with E-state index in [0.29, 0.717) is 18.4 Å². The van der Waals surface area contributed by atoms with Crippen LogP contribution in [0.3, 0.4) is 0 Å². The van der Waals surface area contributed by atoms with Crippen molar-refractivity contribution in [2.24, 2.45) is 0 Å². The molecule has 2 heterocycles. The van der Waals surface area contributed by atoms with Crippen molar-refractivity contribution in [2.75, 3.05) is 17.2 Å². The zero-order valence-corrected chi connectivity index (χ0v) is 12.7. The van der Waals surface area contributed by atoms with Gasteiger partial charge in [-0.1, -0.05) is 0 Å². The highest BCUT2D eigenvalue weighted by Crippen LogP contribution is 2.21. The lowest BCUT2D eigenvalue weighted by atomic mass is 10.3. The molecule has 2 rings (SSSR count). The van der Waals surface area contributed by atoms with Crippen molar-refractivity contribution in [3.63, 3.8) is 0 Å². The minimum Gasteiger partial charge on any atom is -0.354 e. The van der Waals surface area contributed by atoms with Crippen molar-refractivity contribution in [3.05, 3.63) is 26.7 Å². The fourth-order valence-corrected chi connectivity index (χ4v) is 2.72. The number of hydrogen-bond acceptors (Lipinski definition) is 6. The number of halogens is 1. The molecule has 0 aliphatic rings. The van der Waals surface area contributed by atoms with Crippen molar-refractivity contribution in [3.8, 4) is 0 Å². The number of anilines is 2. The Bertz CT molecular complexity index is 550. The Morgan fingerprint density at radius 2 is 1.84 bits per heavy atom. The van der Waals surface area contributed by atoms with Gasteiger partial charge in [-0.15, -0.1) is 11.3 Å². The van der Waals surface area contributed by atoms with Crippen molar-refractivity contribution < 1.29 is 0 Å². The molecule has 2 aromatic rings. The van der Waals surface area contributed by atoms with Gasteiger partial charge in [0.15, 0.2) is 0 Å². The maximum absolute atomic E-state index is 5.86. The van der Waals surface area contributed by atoms with E-state index >= 15 is 0 Å². The first-order chi connectivity index (χ1) is 9.08. The second kappa shape index (κ2) is 6.16. The summed E-state index contributed by atoms with van der Waals surface area (Å²) in [6.07, 6.45) is 0. The number of rotatable bonds is 5. The maximum atomic E-state index is 5.86. The highest BCUT2D eigenvalue weighted by atomic mass is 35.5. The molecule has 0 radical (unpaired) electrons. The Morgan fingerprint density at radius 3 is 2.42 bits per heavy atom. The zero-order valence-electron chi connectivity index (χ0n) is 11.1. The van der Waals surface area contributed by atoms with Crippen LogP contribution >= 0.6 is 22.9 Å². The van der Waals surface area contributed by atoms with Crippen molar-refractivity contribution in [2.45, 2.75) is 27.3 Å². The summed E-state index contributed by atoms with van der Waals surface area (Å²) in [6.45, 7) is 7.63. The lowest BCUT2D eigenvalue weighted by Gasteiger charge is -2.06. The third-order valence-corrected chi connectivity index (χ3v) is 3.90. The number of thiophene rings is 1. The lowest BCUT2D eigenvalue weighted by molar-refractivity contribution is 0.993. The van der Waals surface area contributed by atoms with Gasteiger partial charge in [0.05, 0.1) is 6.54 Å². The third kappa shape index (κ3) is 3.78. The van der Waals surface area contributed by atoms with Gasteiger partial charge in [0, 0.05) is 16.3 Å². The Kier molecular flexibility index (Phi) is 4.55. The molecule has 19 heavy (non-hydrogen) atoms. The third-order valence-electron chi connectivity index (χ3n) is 2.58. The zero-order chi connectivity index (χ0) is 13.8. The summed E-state index contributed by atoms with van der Waals surface area (Å²) in [7, 11) is 0. The predicted octanol–water partition coefficient (Wildman–Crippen LogP) is 3.25. The Hall–Kier alpha value is -1.40.